The van der Waals surface area contributed by atoms with Crippen LogP contribution in [0.25, 0.3) is 5.69 Å². The molecule has 1 aromatic carbocycles. The zero-order chi connectivity index (χ0) is 14.0. The van der Waals surface area contributed by atoms with Crippen LogP contribution in [0.2, 0.25) is 0 Å². The topological polar surface area (TPSA) is 44.0 Å². The Labute approximate surface area is 109 Å². The molecule has 1 aromatic heterocycles. The van der Waals surface area contributed by atoms with Gasteiger partial charge in [-0.25, -0.2) is 4.39 Å². The number of hydrogen-bond donors (Lipinski definition) is 0. The Bertz CT molecular complexity index is 684. The lowest BCUT2D eigenvalue weighted by Crippen LogP contribution is -2.40. The van der Waals surface area contributed by atoms with E-state index in [-0.39, 0.29) is 11.7 Å². The molecule has 5 heteroatoms. The summed E-state index contributed by atoms with van der Waals surface area (Å²) in [6.45, 7) is 4.44. The number of aromatic nitrogens is 2. The van der Waals surface area contributed by atoms with E-state index in [0.717, 1.165) is 0 Å². The summed E-state index contributed by atoms with van der Waals surface area (Å²) in [6, 6.07) is 5.43. The van der Waals surface area contributed by atoms with Crippen molar-refractivity contribution in [3.63, 3.8) is 0 Å². The van der Waals surface area contributed by atoms with E-state index < -0.39 is 11.1 Å². The maximum atomic E-state index is 12.8. The summed E-state index contributed by atoms with van der Waals surface area (Å²) in [7, 11) is 0. The largest absolute Gasteiger partial charge is 0.320 e. The minimum atomic E-state index is -0.630. The minimum Gasteiger partial charge on any atom is -0.309 e. The summed E-state index contributed by atoms with van der Waals surface area (Å²) in [6.07, 6.45) is 3.10. The summed E-state index contributed by atoms with van der Waals surface area (Å²) >= 11 is 0. The molecule has 0 unspecified atom stereocenters. The van der Waals surface area contributed by atoms with E-state index in [4.69, 9.17) is 0 Å². The predicted molar refractivity (Wildman–Crippen MR) is 71.1 cm³/mol. The molecule has 0 saturated heterocycles. The normalized spacial score (nSPS) is 10.9. The zero-order valence-corrected chi connectivity index (χ0v) is 10.8. The number of benzene rings is 1. The van der Waals surface area contributed by atoms with Crippen LogP contribution in [0, 0.1) is 11.7 Å². The second-order valence-electron chi connectivity index (χ2n) is 4.80. The highest BCUT2D eigenvalue weighted by Gasteiger charge is 2.07. The van der Waals surface area contributed by atoms with Gasteiger partial charge in [-0.1, -0.05) is 13.8 Å². The van der Waals surface area contributed by atoms with Crippen molar-refractivity contribution in [3.8, 4) is 5.69 Å². The van der Waals surface area contributed by atoms with E-state index >= 15 is 0 Å². The van der Waals surface area contributed by atoms with Gasteiger partial charge in [0.1, 0.15) is 5.82 Å². The molecule has 0 amide bonds. The van der Waals surface area contributed by atoms with Gasteiger partial charge >= 0.3 is 11.1 Å². The number of halogens is 1. The first-order valence-electron chi connectivity index (χ1n) is 6.07. The molecular formula is C14H15FN2O2. The minimum absolute atomic E-state index is 0.277. The fourth-order valence-electron chi connectivity index (χ4n) is 1.85. The highest BCUT2D eigenvalue weighted by atomic mass is 19.1. The number of nitrogens with zero attached hydrogens (tertiary/aromatic N) is 2. The third-order valence-corrected chi connectivity index (χ3v) is 2.72. The lowest BCUT2D eigenvalue weighted by atomic mass is 10.2. The Kier molecular flexibility index (Phi) is 3.64. The van der Waals surface area contributed by atoms with E-state index in [1.807, 2.05) is 13.8 Å². The average molecular weight is 262 g/mol. The molecule has 2 aromatic rings. The molecule has 0 aliphatic heterocycles. The molecule has 0 atom stereocenters. The third-order valence-electron chi connectivity index (χ3n) is 2.72. The summed E-state index contributed by atoms with van der Waals surface area (Å²) in [5.74, 6) is -0.108. The van der Waals surface area contributed by atoms with Crippen LogP contribution in [0.15, 0.2) is 46.2 Å². The van der Waals surface area contributed by atoms with Gasteiger partial charge in [-0.15, -0.1) is 0 Å². The quantitative estimate of drug-likeness (QED) is 0.792. The van der Waals surface area contributed by atoms with Gasteiger partial charge in [0.05, 0.1) is 0 Å². The molecule has 0 aliphatic carbocycles. The zero-order valence-electron chi connectivity index (χ0n) is 10.8. The first-order valence-corrected chi connectivity index (χ1v) is 6.07. The van der Waals surface area contributed by atoms with E-state index in [9.17, 15) is 14.0 Å². The van der Waals surface area contributed by atoms with Gasteiger partial charge in [0.15, 0.2) is 0 Å². The van der Waals surface area contributed by atoms with Crippen molar-refractivity contribution in [1.82, 2.24) is 9.13 Å². The van der Waals surface area contributed by atoms with Crippen molar-refractivity contribution in [2.75, 3.05) is 0 Å². The fraction of sp³-hybridized carbons (Fsp3) is 0.286. The van der Waals surface area contributed by atoms with Crippen molar-refractivity contribution in [2.45, 2.75) is 20.4 Å². The van der Waals surface area contributed by atoms with Gasteiger partial charge in [-0.05, 0) is 30.2 Å². The van der Waals surface area contributed by atoms with Gasteiger partial charge in [-0.2, -0.15) is 0 Å². The smallest absolute Gasteiger partial charge is 0.309 e. The average Bonchev–Trinajstić information content (AvgIpc) is 2.36. The van der Waals surface area contributed by atoms with Crippen LogP contribution < -0.4 is 11.1 Å². The molecule has 0 aliphatic rings. The summed E-state index contributed by atoms with van der Waals surface area (Å²) < 4.78 is 15.5. The highest BCUT2D eigenvalue weighted by molar-refractivity contribution is 5.31. The standard InChI is InChI=1S/C14H15FN2O2/c1-10(2)9-16-7-8-17(14(19)13(16)18)12-5-3-11(15)4-6-12/h3-8,10H,9H2,1-2H3. The van der Waals surface area contributed by atoms with Gasteiger partial charge in [-0.3, -0.25) is 14.2 Å². The third kappa shape index (κ3) is 2.81. The van der Waals surface area contributed by atoms with Crippen molar-refractivity contribution >= 4 is 0 Å². The molecule has 0 saturated carbocycles. The molecule has 0 N–H and O–H groups in total. The summed E-state index contributed by atoms with van der Waals surface area (Å²) in [5.41, 5.74) is -0.726. The Morgan fingerprint density at radius 2 is 1.68 bits per heavy atom. The molecule has 1 heterocycles. The second kappa shape index (κ2) is 5.22. The van der Waals surface area contributed by atoms with Crippen LogP contribution in [-0.4, -0.2) is 9.13 Å². The molecule has 0 spiro atoms. The Hall–Kier alpha value is -2.17. The van der Waals surface area contributed by atoms with Crippen molar-refractivity contribution in [1.29, 1.82) is 0 Å². The van der Waals surface area contributed by atoms with Crippen LogP contribution in [0.1, 0.15) is 13.8 Å². The van der Waals surface area contributed by atoms with E-state index in [2.05, 4.69) is 0 Å². The van der Waals surface area contributed by atoms with Crippen LogP contribution in [-0.2, 0) is 6.54 Å². The van der Waals surface area contributed by atoms with Gasteiger partial charge in [0.2, 0.25) is 0 Å². The Morgan fingerprint density at radius 3 is 2.26 bits per heavy atom. The maximum Gasteiger partial charge on any atom is 0.320 e. The monoisotopic (exact) mass is 262 g/mol. The Morgan fingerprint density at radius 1 is 1.05 bits per heavy atom. The van der Waals surface area contributed by atoms with E-state index in [1.54, 1.807) is 6.20 Å². The molecule has 0 fully saturated rings. The SMILES string of the molecule is CC(C)Cn1ccn(-c2ccc(F)cc2)c(=O)c1=O. The van der Waals surface area contributed by atoms with E-state index in [1.165, 1.54) is 39.6 Å². The molecular weight excluding hydrogens is 247 g/mol. The molecule has 4 nitrogen and oxygen atoms in total. The molecule has 100 valence electrons. The van der Waals surface area contributed by atoms with Crippen LogP contribution in [0.3, 0.4) is 0 Å². The number of rotatable bonds is 3. The molecule has 19 heavy (non-hydrogen) atoms. The van der Waals surface area contributed by atoms with Gasteiger partial charge in [0.25, 0.3) is 0 Å². The molecule has 2 rings (SSSR count). The lowest BCUT2D eigenvalue weighted by Gasteiger charge is -2.10. The van der Waals surface area contributed by atoms with Crippen molar-refractivity contribution < 1.29 is 4.39 Å². The fourth-order valence-corrected chi connectivity index (χ4v) is 1.85. The summed E-state index contributed by atoms with van der Waals surface area (Å²) in [4.78, 5) is 23.9. The van der Waals surface area contributed by atoms with E-state index in [0.29, 0.717) is 12.2 Å². The maximum absolute atomic E-state index is 12.8. The number of hydrogen-bond acceptors (Lipinski definition) is 2. The van der Waals surface area contributed by atoms with Gasteiger partial charge < -0.3 is 4.57 Å². The van der Waals surface area contributed by atoms with Crippen LogP contribution in [0.4, 0.5) is 4.39 Å². The van der Waals surface area contributed by atoms with Gasteiger partial charge in [0, 0.05) is 24.6 Å². The second-order valence-corrected chi connectivity index (χ2v) is 4.80. The lowest BCUT2D eigenvalue weighted by molar-refractivity contribution is 0.504. The van der Waals surface area contributed by atoms with Crippen LogP contribution in [0.5, 0.6) is 0 Å². The van der Waals surface area contributed by atoms with Crippen molar-refractivity contribution in [2.24, 2.45) is 5.92 Å². The first kappa shape index (κ1) is 13.3. The first-order chi connectivity index (χ1) is 8.99. The predicted octanol–water partition coefficient (Wildman–Crippen LogP) is 1.79. The Balaban J connectivity index is 2.50. The van der Waals surface area contributed by atoms with Crippen LogP contribution >= 0.6 is 0 Å². The molecule has 0 radical (unpaired) electrons. The van der Waals surface area contributed by atoms with Crippen molar-refractivity contribution in [3.05, 3.63) is 63.2 Å². The molecule has 0 bridgehead atoms. The summed E-state index contributed by atoms with van der Waals surface area (Å²) in [5, 5.41) is 0. The highest BCUT2D eigenvalue weighted by Crippen LogP contribution is 2.05.